The first-order chi connectivity index (χ1) is 4.30. The Balaban J connectivity index is 2.44. The second kappa shape index (κ2) is 2.87. The van der Waals surface area contributed by atoms with Crippen molar-refractivity contribution in [2.24, 2.45) is 0 Å². The van der Waals surface area contributed by atoms with Crippen LogP contribution in [0.2, 0.25) is 0 Å². The molecule has 0 aromatic rings. The van der Waals surface area contributed by atoms with E-state index in [1.807, 2.05) is 11.5 Å². The Morgan fingerprint density at radius 1 is 1.78 bits per heavy atom. The molecule has 0 spiro atoms. The summed E-state index contributed by atoms with van der Waals surface area (Å²) in [5.41, 5.74) is 0. The number of nitro groups is 1. The molecular weight excluding hydrogens is 138 g/mol. The molecule has 0 fully saturated rings. The van der Waals surface area contributed by atoms with Crippen LogP contribution in [0.1, 0.15) is 6.42 Å². The van der Waals surface area contributed by atoms with Gasteiger partial charge in [0.1, 0.15) is 0 Å². The van der Waals surface area contributed by atoms with Crippen molar-refractivity contribution in [1.82, 2.24) is 0 Å². The Bertz CT molecular complexity index is 146. The summed E-state index contributed by atoms with van der Waals surface area (Å²) in [5, 5.41) is 12.0. The normalized spacial score (nSPS) is 26.0. The van der Waals surface area contributed by atoms with Crippen molar-refractivity contribution in [3.63, 3.8) is 0 Å². The molecule has 0 saturated carbocycles. The molecule has 9 heavy (non-hydrogen) atoms. The molecule has 0 aromatic heterocycles. The second-order valence-electron chi connectivity index (χ2n) is 1.88. The summed E-state index contributed by atoms with van der Waals surface area (Å²) in [7, 11) is 0. The van der Waals surface area contributed by atoms with Crippen LogP contribution in [0.5, 0.6) is 0 Å². The summed E-state index contributed by atoms with van der Waals surface area (Å²) in [4.78, 5) is 9.90. The van der Waals surface area contributed by atoms with E-state index in [2.05, 4.69) is 0 Å². The first kappa shape index (κ1) is 6.61. The summed E-state index contributed by atoms with van der Waals surface area (Å²) in [6, 6.07) is -0.347. The van der Waals surface area contributed by atoms with Gasteiger partial charge in [-0.05, 0) is 5.41 Å². The van der Waals surface area contributed by atoms with Crippen LogP contribution in [0.4, 0.5) is 0 Å². The molecule has 0 aliphatic carbocycles. The SMILES string of the molecule is O=[N+]([O-])C1CC=CSC1. The third-order valence-electron chi connectivity index (χ3n) is 1.19. The van der Waals surface area contributed by atoms with E-state index in [1.54, 1.807) is 0 Å². The number of nitrogens with zero attached hydrogens (tertiary/aromatic N) is 1. The predicted molar refractivity (Wildman–Crippen MR) is 37.0 cm³/mol. The molecule has 50 valence electrons. The summed E-state index contributed by atoms with van der Waals surface area (Å²) in [6.07, 6.45) is 2.45. The van der Waals surface area contributed by atoms with Gasteiger partial charge in [0.2, 0.25) is 6.04 Å². The van der Waals surface area contributed by atoms with Gasteiger partial charge >= 0.3 is 0 Å². The van der Waals surface area contributed by atoms with Gasteiger partial charge in [-0.25, -0.2) is 0 Å². The maximum atomic E-state index is 10.1. The average molecular weight is 145 g/mol. The van der Waals surface area contributed by atoms with Gasteiger partial charge < -0.3 is 0 Å². The minimum Gasteiger partial charge on any atom is -0.264 e. The van der Waals surface area contributed by atoms with Crippen LogP contribution in [0.3, 0.4) is 0 Å². The lowest BCUT2D eigenvalue weighted by Crippen LogP contribution is -2.22. The number of thioether (sulfide) groups is 1. The zero-order valence-corrected chi connectivity index (χ0v) is 5.63. The zero-order chi connectivity index (χ0) is 6.69. The van der Waals surface area contributed by atoms with Crippen LogP contribution in [0, 0.1) is 10.1 Å². The number of hydrogen-bond donors (Lipinski definition) is 0. The quantitative estimate of drug-likeness (QED) is 0.412. The second-order valence-corrected chi connectivity index (χ2v) is 2.82. The molecule has 0 saturated heterocycles. The highest BCUT2D eigenvalue weighted by molar-refractivity contribution is 8.02. The van der Waals surface area contributed by atoms with Crippen LogP contribution in [-0.4, -0.2) is 16.7 Å². The fourth-order valence-corrected chi connectivity index (χ4v) is 1.50. The molecule has 0 radical (unpaired) electrons. The van der Waals surface area contributed by atoms with Crippen molar-refractivity contribution < 1.29 is 4.92 Å². The Hall–Kier alpha value is -0.510. The van der Waals surface area contributed by atoms with E-state index >= 15 is 0 Å². The van der Waals surface area contributed by atoms with Crippen molar-refractivity contribution >= 4 is 11.8 Å². The lowest BCUT2D eigenvalue weighted by Gasteiger charge is -2.07. The van der Waals surface area contributed by atoms with Crippen molar-refractivity contribution in [2.75, 3.05) is 5.75 Å². The summed E-state index contributed by atoms with van der Waals surface area (Å²) in [6.45, 7) is 0. The van der Waals surface area contributed by atoms with E-state index in [4.69, 9.17) is 0 Å². The minimum absolute atomic E-state index is 0.212. The van der Waals surface area contributed by atoms with Gasteiger partial charge in [0.05, 0.1) is 5.75 Å². The molecule has 0 aromatic carbocycles. The monoisotopic (exact) mass is 145 g/mol. The molecule has 1 unspecified atom stereocenters. The molecule has 3 nitrogen and oxygen atoms in total. The fraction of sp³-hybridized carbons (Fsp3) is 0.600. The van der Waals surface area contributed by atoms with Crippen LogP contribution in [0.25, 0.3) is 0 Å². The average Bonchev–Trinajstić information content (AvgIpc) is 1.90. The third-order valence-corrected chi connectivity index (χ3v) is 2.15. The van der Waals surface area contributed by atoms with E-state index in [-0.39, 0.29) is 11.0 Å². The van der Waals surface area contributed by atoms with Gasteiger partial charge in [-0.1, -0.05) is 6.08 Å². The highest BCUT2D eigenvalue weighted by Crippen LogP contribution is 2.16. The Labute approximate surface area is 57.3 Å². The van der Waals surface area contributed by atoms with E-state index < -0.39 is 0 Å². The molecule has 1 aliphatic rings. The van der Waals surface area contributed by atoms with Crippen molar-refractivity contribution in [2.45, 2.75) is 12.5 Å². The first-order valence-corrected chi connectivity index (χ1v) is 3.75. The molecule has 1 heterocycles. The zero-order valence-electron chi connectivity index (χ0n) is 4.82. The van der Waals surface area contributed by atoms with Gasteiger partial charge in [-0.2, -0.15) is 0 Å². The maximum absolute atomic E-state index is 10.1. The Morgan fingerprint density at radius 2 is 2.56 bits per heavy atom. The summed E-state index contributed by atoms with van der Waals surface area (Å²) >= 11 is 1.51. The van der Waals surface area contributed by atoms with Gasteiger partial charge in [-0.15, -0.1) is 11.8 Å². The van der Waals surface area contributed by atoms with Crippen molar-refractivity contribution in [3.05, 3.63) is 21.6 Å². The minimum atomic E-state index is -0.347. The Morgan fingerprint density at radius 3 is 2.89 bits per heavy atom. The van der Waals surface area contributed by atoms with Crippen LogP contribution >= 0.6 is 11.8 Å². The lowest BCUT2D eigenvalue weighted by molar-refractivity contribution is -0.515. The van der Waals surface area contributed by atoms with Gasteiger partial charge in [0.15, 0.2) is 0 Å². The molecule has 0 N–H and O–H groups in total. The maximum Gasteiger partial charge on any atom is 0.225 e. The molecule has 1 rings (SSSR count). The van der Waals surface area contributed by atoms with Gasteiger partial charge in [-0.3, -0.25) is 10.1 Å². The number of hydrogen-bond acceptors (Lipinski definition) is 3. The molecular formula is C5H7NO2S. The molecule has 1 atom stereocenters. The van der Waals surface area contributed by atoms with Crippen molar-refractivity contribution in [1.29, 1.82) is 0 Å². The van der Waals surface area contributed by atoms with E-state index in [0.29, 0.717) is 12.2 Å². The number of rotatable bonds is 1. The highest BCUT2D eigenvalue weighted by atomic mass is 32.2. The third kappa shape index (κ3) is 1.71. The van der Waals surface area contributed by atoms with E-state index in [0.717, 1.165) is 0 Å². The summed E-state index contributed by atoms with van der Waals surface area (Å²) < 4.78 is 0. The van der Waals surface area contributed by atoms with E-state index in [1.165, 1.54) is 11.8 Å². The molecule has 1 aliphatic heterocycles. The molecule has 0 bridgehead atoms. The van der Waals surface area contributed by atoms with Crippen LogP contribution in [0.15, 0.2) is 11.5 Å². The smallest absolute Gasteiger partial charge is 0.225 e. The largest absolute Gasteiger partial charge is 0.264 e. The van der Waals surface area contributed by atoms with Crippen LogP contribution < -0.4 is 0 Å². The Kier molecular flexibility index (Phi) is 2.10. The highest BCUT2D eigenvalue weighted by Gasteiger charge is 2.19. The summed E-state index contributed by atoms with van der Waals surface area (Å²) in [5.74, 6) is 0.628. The predicted octanol–water partition coefficient (Wildman–Crippen LogP) is 1.28. The molecule has 4 heteroatoms. The van der Waals surface area contributed by atoms with Gasteiger partial charge in [0, 0.05) is 11.3 Å². The topological polar surface area (TPSA) is 43.1 Å². The standard InChI is InChI=1S/C5H7NO2S/c7-6(8)5-2-1-3-9-4-5/h1,3,5H,2,4H2. The lowest BCUT2D eigenvalue weighted by atomic mass is 10.2. The first-order valence-electron chi connectivity index (χ1n) is 2.71. The van der Waals surface area contributed by atoms with Crippen LogP contribution in [-0.2, 0) is 0 Å². The van der Waals surface area contributed by atoms with E-state index in [9.17, 15) is 10.1 Å². The van der Waals surface area contributed by atoms with Crippen molar-refractivity contribution in [3.8, 4) is 0 Å². The van der Waals surface area contributed by atoms with Gasteiger partial charge in [0.25, 0.3) is 0 Å². The molecule has 0 amide bonds. The fourth-order valence-electron chi connectivity index (χ4n) is 0.662.